The van der Waals surface area contributed by atoms with E-state index >= 15 is 0 Å². The maximum Gasteiger partial charge on any atom is 0.338 e. The van der Waals surface area contributed by atoms with Crippen LogP contribution in [0.2, 0.25) is 0 Å². The number of anilines is 1. The lowest BCUT2D eigenvalue weighted by Gasteiger charge is -2.34. The number of nitriles is 1. The number of hydrogen-bond acceptors (Lipinski definition) is 6. The van der Waals surface area contributed by atoms with Crippen molar-refractivity contribution in [2.45, 2.75) is 26.8 Å². The van der Waals surface area contributed by atoms with Crippen LogP contribution in [0.3, 0.4) is 0 Å². The fourth-order valence-corrected chi connectivity index (χ4v) is 2.99. The fraction of sp³-hybridized carbons (Fsp3) is 0.263. The van der Waals surface area contributed by atoms with Crippen LogP contribution in [-0.2, 0) is 9.53 Å². The van der Waals surface area contributed by atoms with Crippen molar-refractivity contribution in [1.29, 1.82) is 5.26 Å². The molecule has 0 spiro atoms. The van der Waals surface area contributed by atoms with Gasteiger partial charge in [-0.1, -0.05) is 17.3 Å². The van der Waals surface area contributed by atoms with Gasteiger partial charge in [0.05, 0.1) is 29.9 Å². The molecule has 0 bridgehead atoms. The van der Waals surface area contributed by atoms with Crippen LogP contribution in [0.1, 0.15) is 36.8 Å². The molecule has 0 aliphatic carbocycles. The van der Waals surface area contributed by atoms with E-state index in [-0.39, 0.29) is 18.0 Å². The molecule has 0 radical (unpaired) electrons. The van der Waals surface area contributed by atoms with Gasteiger partial charge in [0, 0.05) is 11.8 Å². The molecule has 8 nitrogen and oxygen atoms in total. The Morgan fingerprint density at radius 1 is 1.41 bits per heavy atom. The minimum absolute atomic E-state index is 0.192. The summed E-state index contributed by atoms with van der Waals surface area (Å²) in [6.45, 7) is 5.26. The lowest BCUT2D eigenvalue weighted by atomic mass is 9.94. The summed E-state index contributed by atoms with van der Waals surface area (Å²) in [5.41, 5.74) is 1.70. The van der Waals surface area contributed by atoms with Gasteiger partial charge in [0.15, 0.2) is 5.82 Å². The summed E-state index contributed by atoms with van der Waals surface area (Å²) in [6, 6.07) is 9.19. The Morgan fingerprint density at radius 2 is 2.19 bits per heavy atom. The van der Waals surface area contributed by atoms with E-state index in [9.17, 15) is 9.59 Å². The van der Waals surface area contributed by atoms with Crippen molar-refractivity contribution in [2.75, 3.05) is 11.5 Å². The number of amides is 2. The number of benzene rings is 1. The van der Waals surface area contributed by atoms with E-state index < -0.39 is 18.0 Å². The van der Waals surface area contributed by atoms with Crippen molar-refractivity contribution in [2.24, 2.45) is 0 Å². The van der Waals surface area contributed by atoms with Crippen molar-refractivity contribution >= 4 is 17.8 Å². The van der Waals surface area contributed by atoms with Crippen LogP contribution in [0.5, 0.6) is 0 Å². The Labute approximate surface area is 156 Å². The van der Waals surface area contributed by atoms with E-state index in [1.165, 1.54) is 4.90 Å². The minimum atomic E-state index is -0.742. The Hall–Kier alpha value is -3.60. The molecular formula is C19H18N4O4. The van der Waals surface area contributed by atoms with Crippen LogP contribution in [0.4, 0.5) is 10.6 Å². The largest absolute Gasteiger partial charge is 0.463 e. The smallest absolute Gasteiger partial charge is 0.338 e. The third-order valence-corrected chi connectivity index (χ3v) is 4.17. The van der Waals surface area contributed by atoms with Gasteiger partial charge in [-0.25, -0.2) is 14.5 Å². The molecule has 1 atom stereocenters. The van der Waals surface area contributed by atoms with E-state index in [0.29, 0.717) is 22.6 Å². The summed E-state index contributed by atoms with van der Waals surface area (Å²) in [5, 5.41) is 15.8. The van der Waals surface area contributed by atoms with Gasteiger partial charge in [0.1, 0.15) is 5.76 Å². The van der Waals surface area contributed by atoms with Gasteiger partial charge in [-0.15, -0.1) is 0 Å². The summed E-state index contributed by atoms with van der Waals surface area (Å²) in [5.74, 6) is 0.258. The Balaban J connectivity index is 2.14. The molecule has 1 aromatic carbocycles. The van der Waals surface area contributed by atoms with Crippen molar-refractivity contribution in [3.63, 3.8) is 0 Å². The van der Waals surface area contributed by atoms with Gasteiger partial charge < -0.3 is 14.6 Å². The number of urea groups is 1. The van der Waals surface area contributed by atoms with E-state index in [0.717, 1.165) is 0 Å². The number of carbonyl (C=O) groups excluding carboxylic acids is 2. The second kappa shape index (κ2) is 7.33. The first-order chi connectivity index (χ1) is 13.0. The number of rotatable bonds is 4. The summed E-state index contributed by atoms with van der Waals surface area (Å²) in [6.07, 6.45) is 0. The zero-order chi connectivity index (χ0) is 19.6. The van der Waals surface area contributed by atoms with E-state index in [1.54, 1.807) is 51.1 Å². The average molecular weight is 366 g/mol. The first-order valence-corrected chi connectivity index (χ1v) is 8.38. The lowest BCUT2D eigenvalue weighted by Crippen LogP contribution is -2.48. The van der Waals surface area contributed by atoms with E-state index in [2.05, 4.69) is 16.5 Å². The molecule has 1 aliphatic rings. The Kier molecular flexibility index (Phi) is 4.94. The zero-order valence-electron chi connectivity index (χ0n) is 15.1. The maximum atomic E-state index is 12.8. The summed E-state index contributed by atoms with van der Waals surface area (Å²) >= 11 is 0. The first-order valence-electron chi connectivity index (χ1n) is 8.38. The predicted molar refractivity (Wildman–Crippen MR) is 95.5 cm³/mol. The summed E-state index contributed by atoms with van der Waals surface area (Å²) in [7, 11) is 0. The molecule has 1 unspecified atom stereocenters. The van der Waals surface area contributed by atoms with E-state index in [1.807, 2.05) is 0 Å². The highest BCUT2D eigenvalue weighted by Crippen LogP contribution is 2.34. The average Bonchev–Trinajstić information content (AvgIpc) is 3.07. The van der Waals surface area contributed by atoms with Crippen LogP contribution < -0.4 is 10.2 Å². The first kappa shape index (κ1) is 18.2. The predicted octanol–water partition coefficient (Wildman–Crippen LogP) is 2.96. The van der Waals surface area contributed by atoms with E-state index in [4.69, 9.17) is 14.5 Å². The number of nitrogens with one attached hydrogen (secondary N) is 1. The highest BCUT2D eigenvalue weighted by Gasteiger charge is 2.38. The van der Waals surface area contributed by atoms with Crippen molar-refractivity contribution in [1.82, 2.24) is 10.5 Å². The molecule has 138 valence electrons. The van der Waals surface area contributed by atoms with Gasteiger partial charge in [0.2, 0.25) is 0 Å². The lowest BCUT2D eigenvalue weighted by molar-refractivity contribution is -0.139. The quantitative estimate of drug-likeness (QED) is 0.833. The molecule has 0 saturated heterocycles. The van der Waals surface area contributed by atoms with Gasteiger partial charge in [0.25, 0.3) is 0 Å². The molecule has 2 heterocycles. The molecule has 1 aliphatic heterocycles. The molecule has 1 N–H and O–H groups in total. The number of aryl methyl sites for hydroxylation is 1. The van der Waals surface area contributed by atoms with Crippen LogP contribution >= 0.6 is 0 Å². The number of esters is 1. The number of allylic oxidation sites excluding steroid dienone is 1. The number of ether oxygens (including phenoxy) is 1. The molecular weight excluding hydrogens is 348 g/mol. The summed E-state index contributed by atoms with van der Waals surface area (Å²) in [4.78, 5) is 26.7. The van der Waals surface area contributed by atoms with Gasteiger partial charge in [-0.3, -0.25) is 0 Å². The Bertz CT molecular complexity index is 970. The number of nitrogens with zero attached hydrogens (tertiary/aromatic N) is 3. The molecule has 27 heavy (non-hydrogen) atoms. The standard InChI is InChI=1S/C19H18N4O4/c1-4-26-18(24)16-12(3)23(15-8-11(2)27-22-15)19(25)21-17(16)14-7-5-6-13(9-14)10-20/h5-9,17H,4H2,1-3H3,(H,21,25). The highest BCUT2D eigenvalue weighted by molar-refractivity contribution is 6.02. The van der Waals surface area contributed by atoms with Crippen LogP contribution in [-0.4, -0.2) is 23.8 Å². The van der Waals surface area contributed by atoms with Crippen molar-refractivity contribution in [3.05, 3.63) is 58.5 Å². The Morgan fingerprint density at radius 3 is 2.81 bits per heavy atom. The topological polar surface area (TPSA) is 108 Å². The third kappa shape index (κ3) is 3.40. The second-order valence-electron chi connectivity index (χ2n) is 5.97. The monoisotopic (exact) mass is 366 g/mol. The normalized spacial score (nSPS) is 16.7. The van der Waals surface area contributed by atoms with Gasteiger partial charge >= 0.3 is 12.0 Å². The molecule has 2 aromatic rings. The molecule has 2 amide bonds. The highest BCUT2D eigenvalue weighted by atomic mass is 16.5. The number of hydrogen-bond donors (Lipinski definition) is 1. The van der Waals surface area contributed by atoms with Crippen molar-refractivity contribution < 1.29 is 18.8 Å². The number of carbonyl (C=O) groups is 2. The van der Waals surface area contributed by atoms with Gasteiger partial charge in [-0.2, -0.15) is 5.26 Å². The van der Waals surface area contributed by atoms with Crippen LogP contribution in [0.15, 0.2) is 46.1 Å². The molecule has 8 heteroatoms. The zero-order valence-corrected chi connectivity index (χ0v) is 15.1. The molecule has 1 aromatic heterocycles. The van der Waals surface area contributed by atoms with Crippen LogP contribution in [0.25, 0.3) is 0 Å². The minimum Gasteiger partial charge on any atom is -0.463 e. The molecule has 0 fully saturated rings. The third-order valence-electron chi connectivity index (χ3n) is 4.17. The molecule has 0 saturated carbocycles. The molecule has 3 rings (SSSR count). The maximum absolute atomic E-state index is 12.8. The van der Waals surface area contributed by atoms with Crippen LogP contribution in [0, 0.1) is 18.3 Å². The second-order valence-corrected chi connectivity index (χ2v) is 5.97. The van der Waals surface area contributed by atoms with Gasteiger partial charge in [-0.05, 0) is 38.5 Å². The van der Waals surface area contributed by atoms with Crippen molar-refractivity contribution in [3.8, 4) is 6.07 Å². The SMILES string of the molecule is CCOC(=O)C1=C(C)N(c2cc(C)on2)C(=O)NC1c1cccc(C#N)c1. The number of aromatic nitrogens is 1. The fourth-order valence-electron chi connectivity index (χ4n) is 2.99. The summed E-state index contributed by atoms with van der Waals surface area (Å²) < 4.78 is 10.3.